The van der Waals surface area contributed by atoms with E-state index < -0.39 is 0 Å². The van der Waals surface area contributed by atoms with Gasteiger partial charge in [0.25, 0.3) is 0 Å². The second kappa shape index (κ2) is 4.75. The number of hydrogen-bond donors (Lipinski definition) is 0. The smallest absolute Gasteiger partial charge is 0.162 e. The first-order valence-corrected chi connectivity index (χ1v) is 7.08. The highest BCUT2D eigenvalue weighted by atomic mass is 16.1. The van der Waals surface area contributed by atoms with E-state index in [2.05, 4.69) is 50.2 Å². The van der Waals surface area contributed by atoms with Crippen molar-refractivity contribution >= 4 is 11.4 Å². The van der Waals surface area contributed by atoms with Crippen LogP contribution in [-0.4, -0.2) is 5.78 Å². The fourth-order valence-electron chi connectivity index (χ4n) is 2.98. The molecule has 0 amide bonds. The van der Waals surface area contributed by atoms with Crippen molar-refractivity contribution in [2.24, 2.45) is 0 Å². The fraction of sp³-hybridized carbons (Fsp3) is 0.211. The molecular formula is C19H18O. The Morgan fingerprint density at radius 3 is 2.20 bits per heavy atom. The minimum atomic E-state index is 0.205. The Morgan fingerprint density at radius 1 is 0.900 bits per heavy atom. The molecule has 0 aromatic heterocycles. The maximum atomic E-state index is 11.9. The van der Waals surface area contributed by atoms with Crippen molar-refractivity contribution in [2.45, 2.75) is 27.2 Å². The summed E-state index contributed by atoms with van der Waals surface area (Å²) >= 11 is 0. The normalized spacial score (nSPS) is 12.1. The first-order chi connectivity index (χ1) is 9.63. The van der Waals surface area contributed by atoms with Gasteiger partial charge in [-0.25, -0.2) is 0 Å². The summed E-state index contributed by atoms with van der Waals surface area (Å²) in [5.41, 5.74) is 8.38. The van der Waals surface area contributed by atoms with Crippen LogP contribution in [0.5, 0.6) is 0 Å². The lowest BCUT2D eigenvalue weighted by atomic mass is 9.97. The highest BCUT2D eigenvalue weighted by molar-refractivity contribution is 6.05. The van der Waals surface area contributed by atoms with Gasteiger partial charge in [-0.2, -0.15) is 0 Å². The Balaban J connectivity index is 2.29. The topological polar surface area (TPSA) is 17.1 Å². The quantitative estimate of drug-likeness (QED) is 0.587. The molecule has 1 aliphatic rings. The predicted octanol–water partition coefficient (Wildman–Crippen LogP) is 5.10. The molecule has 100 valence electrons. The number of carbonyl (C=O) groups is 1. The van der Waals surface area contributed by atoms with Crippen molar-refractivity contribution in [1.82, 2.24) is 0 Å². The Bertz CT molecular complexity index is 731. The standard InChI is InChI=1S/C19H18O/c1-4-18(20)13-9-10-15-14-7-5-6-8-16(14)19(12(2)3)17(15)11-13/h5-11H,4H2,1-3H3. The molecule has 1 nitrogen and oxygen atoms in total. The number of carbonyl (C=O) groups excluding carboxylic acids is 1. The van der Waals surface area contributed by atoms with E-state index in [1.165, 1.54) is 33.4 Å². The number of benzene rings is 2. The van der Waals surface area contributed by atoms with Crippen LogP contribution in [0.2, 0.25) is 0 Å². The zero-order valence-corrected chi connectivity index (χ0v) is 12.2. The number of ketones is 1. The molecule has 0 bridgehead atoms. The van der Waals surface area contributed by atoms with Crippen molar-refractivity contribution in [3.63, 3.8) is 0 Å². The molecule has 0 aliphatic heterocycles. The largest absolute Gasteiger partial charge is 0.294 e. The molecule has 2 aromatic rings. The summed E-state index contributed by atoms with van der Waals surface area (Å²) in [6.45, 7) is 6.18. The second-order valence-corrected chi connectivity index (χ2v) is 5.46. The molecule has 0 spiro atoms. The van der Waals surface area contributed by atoms with E-state index in [-0.39, 0.29) is 5.78 Å². The van der Waals surface area contributed by atoms with Gasteiger partial charge in [-0.3, -0.25) is 4.79 Å². The summed E-state index contributed by atoms with van der Waals surface area (Å²) in [6, 6.07) is 14.6. The third-order valence-corrected chi connectivity index (χ3v) is 3.92. The zero-order chi connectivity index (χ0) is 14.3. The lowest BCUT2D eigenvalue weighted by Gasteiger charge is -2.07. The SMILES string of the molecule is CCC(=O)c1ccc2c(c1)C(=C(C)C)c1ccccc1-2. The summed E-state index contributed by atoms with van der Waals surface area (Å²) in [4.78, 5) is 11.9. The van der Waals surface area contributed by atoms with Crippen LogP contribution in [0.3, 0.4) is 0 Å². The summed E-state index contributed by atoms with van der Waals surface area (Å²) in [5, 5.41) is 0. The van der Waals surface area contributed by atoms with Crippen LogP contribution in [0.25, 0.3) is 16.7 Å². The molecule has 20 heavy (non-hydrogen) atoms. The average Bonchev–Trinajstić information content (AvgIpc) is 2.80. The minimum absolute atomic E-state index is 0.205. The second-order valence-electron chi connectivity index (χ2n) is 5.46. The van der Waals surface area contributed by atoms with Crippen molar-refractivity contribution in [2.75, 3.05) is 0 Å². The molecule has 0 unspecified atom stereocenters. The van der Waals surface area contributed by atoms with Crippen LogP contribution >= 0.6 is 0 Å². The van der Waals surface area contributed by atoms with Crippen molar-refractivity contribution in [3.8, 4) is 11.1 Å². The van der Waals surface area contributed by atoms with Crippen molar-refractivity contribution in [1.29, 1.82) is 0 Å². The van der Waals surface area contributed by atoms with Gasteiger partial charge >= 0.3 is 0 Å². The van der Waals surface area contributed by atoms with Gasteiger partial charge in [-0.1, -0.05) is 48.9 Å². The molecule has 0 fully saturated rings. The van der Waals surface area contributed by atoms with E-state index in [0.29, 0.717) is 6.42 Å². The maximum Gasteiger partial charge on any atom is 0.162 e. The molecule has 0 radical (unpaired) electrons. The molecule has 0 heterocycles. The molecule has 2 aromatic carbocycles. The van der Waals surface area contributed by atoms with E-state index in [1.54, 1.807) is 0 Å². The van der Waals surface area contributed by atoms with Gasteiger partial charge in [-0.15, -0.1) is 0 Å². The van der Waals surface area contributed by atoms with Crippen LogP contribution in [0.4, 0.5) is 0 Å². The third-order valence-electron chi connectivity index (χ3n) is 3.92. The Morgan fingerprint density at radius 2 is 1.55 bits per heavy atom. The van der Waals surface area contributed by atoms with Gasteiger partial charge in [0.1, 0.15) is 0 Å². The summed E-state index contributed by atoms with van der Waals surface area (Å²) in [6.07, 6.45) is 0.551. The number of hydrogen-bond acceptors (Lipinski definition) is 1. The Hall–Kier alpha value is -2.15. The molecule has 0 N–H and O–H groups in total. The first-order valence-electron chi connectivity index (χ1n) is 7.08. The van der Waals surface area contributed by atoms with Crippen LogP contribution in [0.15, 0.2) is 48.0 Å². The van der Waals surface area contributed by atoms with E-state index >= 15 is 0 Å². The van der Waals surface area contributed by atoms with Crippen LogP contribution in [0.1, 0.15) is 48.7 Å². The van der Waals surface area contributed by atoms with Gasteiger partial charge in [0.05, 0.1) is 0 Å². The highest BCUT2D eigenvalue weighted by Gasteiger charge is 2.24. The van der Waals surface area contributed by atoms with Gasteiger partial charge in [0, 0.05) is 12.0 Å². The van der Waals surface area contributed by atoms with Gasteiger partial charge in [-0.05, 0) is 47.7 Å². The van der Waals surface area contributed by atoms with Crippen LogP contribution in [0, 0.1) is 0 Å². The number of rotatable bonds is 2. The molecule has 3 rings (SSSR count). The van der Waals surface area contributed by atoms with Crippen molar-refractivity contribution < 1.29 is 4.79 Å². The Kier molecular flexibility index (Phi) is 3.06. The Labute approximate surface area is 120 Å². The minimum Gasteiger partial charge on any atom is -0.294 e. The van der Waals surface area contributed by atoms with Gasteiger partial charge < -0.3 is 0 Å². The highest BCUT2D eigenvalue weighted by Crippen LogP contribution is 2.45. The zero-order valence-electron chi connectivity index (χ0n) is 12.2. The molecular weight excluding hydrogens is 244 g/mol. The first kappa shape index (κ1) is 12.9. The number of fused-ring (bicyclic) bond motifs is 3. The lowest BCUT2D eigenvalue weighted by molar-refractivity contribution is 0.0988. The summed E-state index contributed by atoms with van der Waals surface area (Å²) in [5.74, 6) is 0.205. The number of allylic oxidation sites excluding steroid dienone is 1. The van der Waals surface area contributed by atoms with Crippen molar-refractivity contribution in [3.05, 3.63) is 64.7 Å². The molecule has 0 atom stereocenters. The lowest BCUT2D eigenvalue weighted by Crippen LogP contribution is -1.97. The van der Waals surface area contributed by atoms with E-state index in [0.717, 1.165) is 5.56 Å². The summed E-state index contributed by atoms with van der Waals surface area (Å²) < 4.78 is 0. The van der Waals surface area contributed by atoms with Crippen LogP contribution < -0.4 is 0 Å². The predicted molar refractivity (Wildman–Crippen MR) is 83.9 cm³/mol. The van der Waals surface area contributed by atoms with E-state index in [4.69, 9.17) is 0 Å². The molecule has 0 saturated carbocycles. The van der Waals surface area contributed by atoms with E-state index in [9.17, 15) is 4.79 Å². The molecule has 1 aliphatic carbocycles. The van der Waals surface area contributed by atoms with Gasteiger partial charge in [0.2, 0.25) is 0 Å². The molecule has 1 heteroatoms. The monoisotopic (exact) mass is 262 g/mol. The van der Waals surface area contributed by atoms with Crippen LogP contribution in [-0.2, 0) is 0 Å². The van der Waals surface area contributed by atoms with Gasteiger partial charge in [0.15, 0.2) is 5.78 Å². The maximum absolute atomic E-state index is 11.9. The average molecular weight is 262 g/mol. The summed E-state index contributed by atoms with van der Waals surface area (Å²) in [7, 11) is 0. The third kappa shape index (κ3) is 1.82. The fourth-order valence-corrected chi connectivity index (χ4v) is 2.98. The number of Topliss-reactive ketones (excluding diaryl/α,β-unsaturated/α-hetero) is 1. The van der Waals surface area contributed by atoms with E-state index in [1.807, 2.05) is 13.0 Å². The molecule has 0 saturated heterocycles.